The number of aliphatic hydroxyl groups excluding tert-OH is 1. The standard InChI is InChI=1S/C26H22Cl2N2O5S/c1-5-35-25(34)23-14(4)29-26(36-23)30-20(15-8-9-17(27)18(28)11-15)19(22(32)24(30)33)21(31)16-10-12(2)6-7-13(16)3/h6-11,20,31H,5H2,1-4H3. The first-order chi connectivity index (χ1) is 17.0. The van der Waals surface area contributed by atoms with Crippen molar-refractivity contribution in [1.29, 1.82) is 0 Å². The van der Waals surface area contributed by atoms with Crippen molar-refractivity contribution in [1.82, 2.24) is 4.98 Å². The first-order valence-electron chi connectivity index (χ1n) is 11.0. The molecule has 0 saturated carbocycles. The van der Waals surface area contributed by atoms with E-state index in [9.17, 15) is 19.5 Å². The summed E-state index contributed by atoms with van der Waals surface area (Å²) in [6.07, 6.45) is 0. The van der Waals surface area contributed by atoms with Gasteiger partial charge in [-0.2, -0.15) is 0 Å². The number of hydrogen-bond acceptors (Lipinski definition) is 7. The Morgan fingerprint density at radius 2 is 1.83 bits per heavy atom. The van der Waals surface area contributed by atoms with E-state index in [2.05, 4.69) is 4.98 Å². The van der Waals surface area contributed by atoms with Crippen molar-refractivity contribution in [3.05, 3.63) is 84.8 Å². The molecule has 4 rings (SSSR count). The van der Waals surface area contributed by atoms with Crippen LogP contribution in [0.15, 0.2) is 42.0 Å². The van der Waals surface area contributed by atoms with E-state index in [1.807, 2.05) is 19.1 Å². The molecule has 7 nitrogen and oxygen atoms in total. The Bertz CT molecular complexity index is 1450. The third kappa shape index (κ3) is 4.52. The number of aromatic nitrogens is 1. The zero-order valence-corrected chi connectivity index (χ0v) is 22.2. The number of esters is 1. The van der Waals surface area contributed by atoms with Crippen molar-refractivity contribution in [2.24, 2.45) is 0 Å². The summed E-state index contributed by atoms with van der Waals surface area (Å²) < 4.78 is 5.09. The number of benzene rings is 2. The van der Waals surface area contributed by atoms with Gasteiger partial charge in [0.05, 0.1) is 34.0 Å². The number of amides is 1. The highest BCUT2D eigenvalue weighted by Gasteiger charge is 2.48. The van der Waals surface area contributed by atoms with E-state index >= 15 is 0 Å². The lowest BCUT2D eigenvalue weighted by molar-refractivity contribution is -0.132. The summed E-state index contributed by atoms with van der Waals surface area (Å²) in [5, 5.41) is 12.0. The molecule has 186 valence electrons. The Morgan fingerprint density at radius 3 is 2.50 bits per heavy atom. The van der Waals surface area contributed by atoms with Gasteiger partial charge in [-0.25, -0.2) is 9.78 Å². The second kappa shape index (κ2) is 10.0. The maximum Gasteiger partial charge on any atom is 0.350 e. The zero-order valence-electron chi connectivity index (χ0n) is 19.9. The molecule has 36 heavy (non-hydrogen) atoms. The van der Waals surface area contributed by atoms with E-state index in [-0.39, 0.29) is 33.0 Å². The Labute approximate surface area is 221 Å². The zero-order chi connectivity index (χ0) is 26.3. The topological polar surface area (TPSA) is 96.8 Å². The summed E-state index contributed by atoms with van der Waals surface area (Å²) in [6.45, 7) is 7.14. The summed E-state index contributed by atoms with van der Waals surface area (Å²) >= 11 is 13.3. The van der Waals surface area contributed by atoms with Crippen LogP contribution in [-0.2, 0) is 14.3 Å². The lowest BCUT2D eigenvalue weighted by Gasteiger charge is -2.23. The van der Waals surface area contributed by atoms with Crippen LogP contribution in [0, 0.1) is 20.8 Å². The number of carbonyl (C=O) groups excluding carboxylic acids is 3. The molecule has 1 aliphatic rings. The predicted molar refractivity (Wildman–Crippen MR) is 140 cm³/mol. The molecule has 3 aromatic rings. The number of anilines is 1. The van der Waals surface area contributed by atoms with E-state index in [1.54, 1.807) is 39.0 Å². The summed E-state index contributed by atoms with van der Waals surface area (Å²) in [5.74, 6) is -2.65. The Kier molecular flexibility index (Phi) is 7.22. The van der Waals surface area contributed by atoms with Crippen LogP contribution < -0.4 is 4.90 Å². The molecule has 1 unspecified atom stereocenters. The molecule has 1 aromatic heterocycles. The average molecular weight is 545 g/mol. The van der Waals surface area contributed by atoms with E-state index in [1.165, 1.54) is 11.0 Å². The highest BCUT2D eigenvalue weighted by atomic mass is 35.5. The van der Waals surface area contributed by atoms with Gasteiger partial charge in [0.15, 0.2) is 5.13 Å². The van der Waals surface area contributed by atoms with Gasteiger partial charge in [0.2, 0.25) is 0 Å². The van der Waals surface area contributed by atoms with Gasteiger partial charge < -0.3 is 9.84 Å². The molecule has 0 radical (unpaired) electrons. The van der Waals surface area contributed by atoms with Crippen LogP contribution in [0.5, 0.6) is 0 Å². The molecule has 1 saturated heterocycles. The number of rotatable bonds is 5. The smallest absolute Gasteiger partial charge is 0.350 e. The fourth-order valence-electron chi connectivity index (χ4n) is 4.03. The third-order valence-corrected chi connectivity index (χ3v) is 7.68. The number of aryl methyl sites for hydroxylation is 3. The van der Waals surface area contributed by atoms with Gasteiger partial charge in [-0.1, -0.05) is 58.3 Å². The highest BCUT2D eigenvalue weighted by Crippen LogP contribution is 2.45. The number of halogens is 2. The number of ether oxygens (including phenoxy) is 1. The van der Waals surface area contributed by atoms with Gasteiger partial charge >= 0.3 is 11.9 Å². The number of Topliss-reactive ketones (excluding diaryl/α,β-unsaturated/α-hetero) is 1. The minimum atomic E-state index is -1.06. The van der Waals surface area contributed by atoms with Gasteiger partial charge in [-0.3, -0.25) is 14.5 Å². The molecule has 1 fully saturated rings. The molecule has 0 aliphatic carbocycles. The SMILES string of the molecule is CCOC(=O)c1sc(N2C(=O)C(=O)C(=C(O)c3cc(C)ccc3C)C2c2ccc(Cl)c(Cl)c2)nc1C. The summed E-state index contributed by atoms with van der Waals surface area (Å²) in [7, 11) is 0. The van der Waals surface area contributed by atoms with Crippen LogP contribution in [-0.4, -0.2) is 34.4 Å². The van der Waals surface area contributed by atoms with Crippen LogP contribution >= 0.6 is 34.5 Å². The molecule has 0 spiro atoms. The van der Waals surface area contributed by atoms with Gasteiger partial charge in [0.1, 0.15) is 10.6 Å². The van der Waals surface area contributed by atoms with E-state index in [0.717, 1.165) is 22.5 Å². The van der Waals surface area contributed by atoms with Gasteiger partial charge in [0, 0.05) is 5.56 Å². The van der Waals surface area contributed by atoms with Crippen molar-refractivity contribution in [3.63, 3.8) is 0 Å². The molecule has 0 bridgehead atoms. The maximum absolute atomic E-state index is 13.4. The van der Waals surface area contributed by atoms with E-state index in [4.69, 9.17) is 27.9 Å². The predicted octanol–water partition coefficient (Wildman–Crippen LogP) is 6.18. The number of carbonyl (C=O) groups is 3. The summed E-state index contributed by atoms with van der Waals surface area (Å²) in [6, 6.07) is 9.11. The summed E-state index contributed by atoms with van der Waals surface area (Å²) in [5.41, 5.74) is 2.72. The fraction of sp³-hybridized carbons (Fsp3) is 0.231. The minimum Gasteiger partial charge on any atom is -0.507 e. The molecule has 1 amide bonds. The van der Waals surface area contributed by atoms with Crippen molar-refractivity contribution in [2.75, 3.05) is 11.5 Å². The number of ketones is 1. The van der Waals surface area contributed by atoms with Crippen LogP contribution in [0.2, 0.25) is 10.0 Å². The monoisotopic (exact) mass is 544 g/mol. The summed E-state index contributed by atoms with van der Waals surface area (Å²) in [4.78, 5) is 45.0. The average Bonchev–Trinajstić information content (AvgIpc) is 3.34. The van der Waals surface area contributed by atoms with Gasteiger partial charge in [-0.15, -0.1) is 0 Å². The van der Waals surface area contributed by atoms with Crippen molar-refractivity contribution < 1.29 is 24.2 Å². The van der Waals surface area contributed by atoms with Crippen LogP contribution in [0.1, 0.15) is 50.6 Å². The minimum absolute atomic E-state index is 0.113. The number of nitrogens with zero attached hydrogens (tertiary/aromatic N) is 2. The second-order valence-corrected chi connectivity index (χ2v) is 10.1. The normalized spacial score (nSPS) is 17.1. The quantitative estimate of drug-likeness (QED) is 0.178. The Morgan fingerprint density at radius 1 is 1.11 bits per heavy atom. The fourth-order valence-corrected chi connectivity index (χ4v) is 5.33. The molecular formula is C26H22Cl2N2O5S. The van der Waals surface area contributed by atoms with E-state index in [0.29, 0.717) is 21.8 Å². The number of thiazole rings is 1. The molecule has 2 heterocycles. The van der Waals surface area contributed by atoms with Crippen molar-refractivity contribution in [3.8, 4) is 0 Å². The van der Waals surface area contributed by atoms with Gasteiger partial charge in [0.25, 0.3) is 5.78 Å². The van der Waals surface area contributed by atoms with Crippen molar-refractivity contribution in [2.45, 2.75) is 33.7 Å². The molecule has 1 N–H and O–H groups in total. The molecule has 2 aromatic carbocycles. The third-order valence-electron chi connectivity index (χ3n) is 5.80. The molecular weight excluding hydrogens is 523 g/mol. The Hall–Kier alpha value is -3.20. The first kappa shape index (κ1) is 25.9. The number of hydrogen-bond donors (Lipinski definition) is 1. The highest BCUT2D eigenvalue weighted by molar-refractivity contribution is 7.17. The maximum atomic E-state index is 13.4. The van der Waals surface area contributed by atoms with Crippen LogP contribution in [0.25, 0.3) is 5.76 Å². The lowest BCUT2D eigenvalue weighted by Crippen LogP contribution is -2.29. The van der Waals surface area contributed by atoms with E-state index < -0.39 is 23.7 Å². The first-order valence-corrected chi connectivity index (χ1v) is 12.6. The molecule has 1 aliphatic heterocycles. The van der Waals surface area contributed by atoms with Gasteiger partial charge in [-0.05, 0) is 57.0 Å². The van der Waals surface area contributed by atoms with Crippen LogP contribution in [0.3, 0.4) is 0 Å². The van der Waals surface area contributed by atoms with Crippen LogP contribution in [0.4, 0.5) is 5.13 Å². The molecule has 10 heteroatoms. The molecule has 1 atom stereocenters. The van der Waals surface area contributed by atoms with Crippen molar-refractivity contribution >= 4 is 63.1 Å². The lowest BCUT2D eigenvalue weighted by atomic mass is 9.93. The largest absolute Gasteiger partial charge is 0.507 e. The Balaban J connectivity index is 1.97. The second-order valence-electron chi connectivity index (χ2n) is 8.29. The number of aliphatic hydroxyl groups is 1.